The molecule has 264 valence electrons. The molecule has 1 fully saturated rings. The zero-order valence-electron chi connectivity index (χ0n) is 28.1. The summed E-state index contributed by atoms with van der Waals surface area (Å²) in [6.07, 6.45) is 9.09. The van der Waals surface area contributed by atoms with Gasteiger partial charge in [0.1, 0.15) is 23.6 Å². The van der Waals surface area contributed by atoms with Gasteiger partial charge in [-0.3, -0.25) is 9.51 Å². The van der Waals surface area contributed by atoms with Crippen LogP contribution in [-0.4, -0.2) is 51.2 Å². The predicted octanol–water partition coefficient (Wildman–Crippen LogP) is 7.69. The number of carboxylic acid groups (broad SMARTS) is 1. The van der Waals surface area contributed by atoms with Gasteiger partial charge in [0.05, 0.1) is 13.2 Å². The van der Waals surface area contributed by atoms with Crippen LogP contribution in [0.1, 0.15) is 87.1 Å². The number of hydrogen-bond acceptors (Lipinski definition) is 7. The first kappa shape index (κ1) is 35.7. The normalized spacial score (nSPS) is 25.3. The molecule has 49 heavy (non-hydrogen) atoms. The van der Waals surface area contributed by atoms with Crippen LogP contribution >= 0.6 is 19.4 Å². The number of anilines is 1. The highest BCUT2D eigenvalue weighted by Gasteiger charge is 2.54. The van der Waals surface area contributed by atoms with E-state index in [4.69, 9.17) is 30.9 Å². The maximum absolute atomic E-state index is 12.9. The zero-order chi connectivity index (χ0) is 34.8. The summed E-state index contributed by atoms with van der Waals surface area (Å²) in [6, 6.07) is 15.2. The molecule has 2 aromatic carbocycles. The first-order valence-corrected chi connectivity index (χ1v) is 19.1. The van der Waals surface area contributed by atoms with E-state index in [0.29, 0.717) is 54.7 Å². The Morgan fingerprint density at radius 3 is 2.63 bits per heavy atom. The number of phosphoric ester groups is 1. The van der Waals surface area contributed by atoms with Gasteiger partial charge < -0.3 is 29.7 Å². The minimum absolute atomic E-state index is 0.0162. The molecule has 1 saturated carbocycles. The number of nitrogens with zero attached hydrogens (tertiary/aromatic N) is 1. The van der Waals surface area contributed by atoms with Crippen LogP contribution in [0.15, 0.2) is 54.7 Å². The van der Waals surface area contributed by atoms with Gasteiger partial charge in [0, 0.05) is 28.2 Å². The van der Waals surface area contributed by atoms with Crippen molar-refractivity contribution in [1.82, 2.24) is 4.98 Å². The summed E-state index contributed by atoms with van der Waals surface area (Å²) in [5.41, 5.74) is 4.05. The van der Waals surface area contributed by atoms with Crippen LogP contribution in [0, 0.1) is 11.8 Å². The standard InChI is InChI=1S/C37H46ClN2O8P/c1-24(23-47-33-11-16-39-32-8-3-5-25(2)34(32)33)19-27-20-26-9-10-30(46-17-18-48-49(43,44)45)22-31(26)36(27)12-14-37(15-13-36,35(41)42)40-29-7-4-6-28(38)21-29/h4,6-7,9-11,16,21-22,24-25,27,40H,3,5,8,12-15,17-20,23H2,1-2H3,(H,41,42)(H2,43,44,45)/t24-,25-,27+,36?,37?/m1/s1. The average Bonchev–Trinajstić information content (AvgIpc) is 3.34. The van der Waals surface area contributed by atoms with Gasteiger partial charge in [0.25, 0.3) is 0 Å². The van der Waals surface area contributed by atoms with Crippen molar-refractivity contribution >= 4 is 31.1 Å². The van der Waals surface area contributed by atoms with Crippen LogP contribution in [0.2, 0.25) is 5.02 Å². The van der Waals surface area contributed by atoms with Gasteiger partial charge in [0.15, 0.2) is 0 Å². The van der Waals surface area contributed by atoms with Crippen LogP contribution in [0.25, 0.3) is 0 Å². The van der Waals surface area contributed by atoms with E-state index in [2.05, 4.69) is 34.7 Å². The number of carbonyl (C=O) groups is 1. The number of pyridine rings is 1. The highest BCUT2D eigenvalue weighted by atomic mass is 35.5. The fourth-order valence-corrected chi connectivity index (χ4v) is 8.98. The van der Waals surface area contributed by atoms with Crippen molar-refractivity contribution in [3.05, 3.63) is 82.1 Å². The van der Waals surface area contributed by atoms with E-state index in [1.165, 1.54) is 11.1 Å². The van der Waals surface area contributed by atoms with Crippen LogP contribution in [0.3, 0.4) is 0 Å². The lowest BCUT2D eigenvalue weighted by Gasteiger charge is -2.47. The molecular weight excluding hydrogens is 667 g/mol. The molecule has 3 aromatic rings. The maximum atomic E-state index is 12.9. The van der Waals surface area contributed by atoms with Gasteiger partial charge in [-0.05, 0) is 128 Å². The number of phosphoric acid groups is 1. The summed E-state index contributed by atoms with van der Waals surface area (Å²) < 4.78 is 28.1. The average molecular weight is 713 g/mol. The number of hydrogen-bond donors (Lipinski definition) is 4. The van der Waals surface area contributed by atoms with Crippen molar-refractivity contribution in [3.63, 3.8) is 0 Å². The molecule has 4 N–H and O–H groups in total. The predicted molar refractivity (Wildman–Crippen MR) is 188 cm³/mol. The molecular formula is C37H46ClN2O8P. The molecule has 0 radical (unpaired) electrons. The summed E-state index contributed by atoms with van der Waals surface area (Å²) in [6.45, 7) is 4.80. The molecule has 1 aromatic heterocycles. The zero-order valence-corrected chi connectivity index (χ0v) is 29.7. The molecule has 0 amide bonds. The number of aromatic nitrogens is 1. The Bertz CT molecular complexity index is 1710. The molecule has 0 saturated heterocycles. The summed E-state index contributed by atoms with van der Waals surface area (Å²) in [5.74, 6) is 1.58. The summed E-state index contributed by atoms with van der Waals surface area (Å²) in [7, 11) is -4.59. The Balaban J connectivity index is 1.22. The number of halogens is 1. The van der Waals surface area contributed by atoms with Crippen LogP contribution < -0.4 is 14.8 Å². The van der Waals surface area contributed by atoms with Gasteiger partial charge >= 0.3 is 13.8 Å². The second-order valence-electron chi connectivity index (χ2n) is 14.2. The van der Waals surface area contributed by atoms with E-state index in [-0.39, 0.29) is 30.5 Å². The van der Waals surface area contributed by atoms with Crippen LogP contribution in [-0.2, 0) is 32.1 Å². The molecule has 0 aliphatic heterocycles. The van der Waals surface area contributed by atoms with Crippen molar-refractivity contribution in [3.8, 4) is 11.5 Å². The number of fused-ring (bicyclic) bond motifs is 3. The highest BCUT2D eigenvalue weighted by Crippen LogP contribution is 2.57. The van der Waals surface area contributed by atoms with Gasteiger partial charge in [-0.25, -0.2) is 9.36 Å². The number of rotatable bonds is 13. The number of carboxylic acids is 1. The Labute approximate surface area is 292 Å². The van der Waals surface area contributed by atoms with Crippen LogP contribution in [0.4, 0.5) is 5.69 Å². The fraction of sp³-hybridized carbons (Fsp3) is 0.514. The van der Waals surface area contributed by atoms with E-state index >= 15 is 0 Å². The third-order valence-corrected chi connectivity index (χ3v) is 11.6. The van der Waals surface area contributed by atoms with Crippen LogP contribution in [0.5, 0.6) is 11.5 Å². The Morgan fingerprint density at radius 2 is 1.90 bits per heavy atom. The van der Waals surface area contributed by atoms with E-state index in [1.54, 1.807) is 12.1 Å². The number of nitrogens with one attached hydrogen (secondary N) is 1. The lowest BCUT2D eigenvalue weighted by Crippen LogP contribution is -2.53. The SMILES string of the molecule is C[C@@H](COc1ccnc2c1[C@H](C)CCC2)C[C@H]1Cc2ccc(OCCOP(=O)(O)O)cc2C12CCC(Nc1cccc(Cl)c1)(C(=O)O)CC2. The summed E-state index contributed by atoms with van der Waals surface area (Å²) >= 11 is 6.24. The molecule has 1 heterocycles. The minimum Gasteiger partial charge on any atom is -0.493 e. The van der Waals surface area contributed by atoms with E-state index in [0.717, 1.165) is 49.1 Å². The number of aliphatic carboxylic acids is 1. The maximum Gasteiger partial charge on any atom is 0.469 e. The number of ether oxygens (including phenoxy) is 2. The number of aryl methyl sites for hydroxylation is 1. The second-order valence-corrected chi connectivity index (χ2v) is 15.9. The third kappa shape index (κ3) is 7.94. The molecule has 3 aliphatic carbocycles. The molecule has 1 spiro atoms. The van der Waals surface area contributed by atoms with Gasteiger partial charge in [-0.15, -0.1) is 0 Å². The molecule has 6 rings (SSSR count). The molecule has 0 bridgehead atoms. The van der Waals surface area contributed by atoms with E-state index in [9.17, 15) is 14.5 Å². The topological polar surface area (TPSA) is 147 Å². The van der Waals surface area contributed by atoms with E-state index < -0.39 is 19.3 Å². The Hall–Kier alpha value is -3.14. The Kier molecular flexibility index (Phi) is 10.6. The van der Waals surface area contributed by atoms with Crippen molar-refractivity contribution in [2.45, 2.75) is 88.5 Å². The van der Waals surface area contributed by atoms with E-state index in [1.807, 2.05) is 36.5 Å². The number of benzene rings is 2. The lowest BCUT2D eigenvalue weighted by molar-refractivity contribution is -0.144. The molecule has 0 unspecified atom stereocenters. The Morgan fingerprint density at radius 1 is 1.10 bits per heavy atom. The third-order valence-electron chi connectivity index (χ3n) is 10.9. The molecule has 12 heteroatoms. The largest absolute Gasteiger partial charge is 0.493 e. The smallest absolute Gasteiger partial charge is 0.469 e. The van der Waals surface area contributed by atoms with Gasteiger partial charge in [0.2, 0.25) is 0 Å². The molecule has 10 nitrogen and oxygen atoms in total. The van der Waals surface area contributed by atoms with Crippen molar-refractivity contribution in [1.29, 1.82) is 0 Å². The lowest BCUT2D eigenvalue weighted by atomic mass is 9.59. The quantitative estimate of drug-likeness (QED) is 0.103. The fourth-order valence-electron chi connectivity index (χ4n) is 8.48. The van der Waals surface area contributed by atoms with Gasteiger partial charge in [-0.1, -0.05) is 37.6 Å². The first-order chi connectivity index (χ1) is 23.4. The minimum atomic E-state index is -4.59. The first-order valence-electron chi connectivity index (χ1n) is 17.2. The van der Waals surface area contributed by atoms with Crippen molar-refractivity contribution in [2.75, 3.05) is 25.1 Å². The molecule has 3 atom stereocenters. The summed E-state index contributed by atoms with van der Waals surface area (Å²) in [5, 5.41) is 14.4. The monoisotopic (exact) mass is 712 g/mol. The highest BCUT2D eigenvalue weighted by molar-refractivity contribution is 7.46. The second kappa shape index (κ2) is 14.6. The molecule has 3 aliphatic rings. The van der Waals surface area contributed by atoms with Gasteiger partial charge in [-0.2, -0.15) is 0 Å². The van der Waals surface area contributed by atoms with Crippen molar-refractivity contribution < 1.29 is 38.3 Å². The van der Waals surface area contributed by atoms with Crippen molar-refractivity contribution in [2.24, 2.45) is 11.8 Å². The summed E-state index contributed by atoms with van der Waals surface area (Å²) in [4.78, 5) is 35.6.